The van der Waals surface area contributed by atoms with Crippen molar-refractivity contribution in [1.82, 2.24) is 10.2 Å². The van der Waals surface area contributed by atoms with Crippen LogP contribution in [0, 0.1) is 5.92 Å². The minimum absolute atomic E-state index is 0.000626. The molecule has 1 aliphatic rings. The topological polar surface area (TPSA) is 73.9 Å². The van der Waals surface area contributed by atoms with Gasteiger partial charge >= 0.3 is 0 Å². The number of hydrogen-bond donors (Lipinski definition) is 3. The van der Waals surface area contributed by atoms with Gasteiger partial charge in [0.05, 0.1) is 6.04 Å². The highest BCUT2D eigenvalue weighted by molar-refractivity contribution is 5.85. The fraction of sp³-hybridized carbons (Fsp3) is 0.909. The van der Waals surface area contributed by atoms with Crippen molar-refractivity contribution in [3.8, 4) is 0 Å². The molecular formula is C11H24N4O. The summed E-state index contributed by atoms with van der Waals surface area (Å²) in [7, 11) is 0. The van der Waals surface area contributed by atoms with Crippen molar-refractivity contribution in [2.75, 3.05) is 26.2 Å². The van der Waals surface area contributed by atoms with E-state index in [1.807, 2.05) is 6.92 Å². The van der Waals surface area contributed by atoms with Gasteiger partial charge in [0, 0.05) is 6.54 Å². The monoisotopic (exact) mass is 228 g/mol. The standard InChI is InChI=1S/C11H24N4O/c1-3-10(11(12)14-16)13-7-9-5-6-15(4-2)8-9/h9-10,13,16H,3-8H2,1-2H3,(H2,12,14). The number of likely N-dealkylation sites (tertiary alicyclic amines) is 1. The molecule has 0 bridgehead atoms. The van der Waals surface area contributed by atoms with Crippen LogP contribution in [0.15, 0.2) is 5.16 Å². The third-order valence-corrected chi connectivity index (χ3v) is 3.35. The first-order chi connectivity index (χ1) is 7.71. The SMILES string of the molecule is CCC(NCC1CCN(CC)C1)C(N)=NO. The van der Waals surface area contributed by atoms with Crippen molar-refractivity contribution in [1.29, 1.82) is 0 Å². The first-order valence-electron chi connectivity index (χ1n) is 6.14. The fourth-order valence-electron chi connectivity index (χ4n) is 2.20. The van der Waals surface area contributed by atoms with Gasteiger partial charge in [0.2, 0.25) is 0 Å². The minimum Gasteiger partial charge on any atom is -0.409 e. The van der Waals surface area contributed by atoms with E-state index in [-0.39, 0.29) is 11.9 Å². The molecule has 1 rings (SSSR count). The fourth-order valence-corrected chi connectivity index (χ4v) is 2.20. The zero-order chi connectivity index (χ0) is 12.0. The molecule has 5 nitrogen and oxygen atoms in total. The van der Waals surface area contributed by atoms with E-state index in [1.54, 1.807) is 0 Å². The molecule has 1 heterocycles. The number of rotatable bonds is 6. The van der Waals surface area contributed by atoms with Gasteiger partial charge in [-0.15, -0.1) is 0 Å². The number of amidine groups is 1. The summed E-state index contributed by atoms with van der Waals surface area (Å²) in [5, 5.41) is 15.0. The Balaban J connectivity index is 2.28. The van der Waals surface area contributed by atoms with E-state index in [0.717, 1.165) is 26.1 Å². The molecule has 4 N–H and O–H groups in total. The van der Waals surface area contributed by atoms with E-state index < -0.39 is 0 Å². The molecule has 0 aliphatic carbocycles. The lowest BCUT2D eigenvalue weighted by atomic mass is 10.1. The molecule has 1 saturated heterocycles. The maximum atomic E-state index is 8.62. The summed E-state index contributed by atoms with van der Waals surface area (Å²) in [5.41, 5.74) is 5.59. The lowest BCUT2D eigenvalue weighted by Crippen LogP contribution is -2.43. The summed E-state index contributed by atoms with van der Waals surface area (Å²) in [6.45, 7) is 8.67. The Labute approximate surface area is 97.7 Å². The van der Waals surface area contributed by atoms with E-state index in [0.29, 0.717) is 5.92 Å². The van der Waals surface area contributed by atoms with E-state index in [4.69, 9.17) is 10.9 Å². The molecule has 0 saturated carbocycles. The zero-order valence-corrected chi connectivity index (χ0v) is 10.3. The van der Waals surface area contributed by atoms with Crippen LogP contribution in [-0.4, -0.2) is 48.2 Å². The number of nitrogens with two attached hydrogens (primary N) is 1. The third-order valence-electron chi connectivity index (χ3n) is 3.35. The Morgan fingerprint density at radius 3 is 2.88 bits per heavy atom. The lowest BCUT2D eigenvalue weighted by Gasteiger charge is -2.18. The van der Waals surface area contributed by atoms with Crippen LogP contribution in [0.1, 0.15) is 26.7 Å². The molecule has 0 aromatic heterocycles. The predicted octanol–water partition coefficient (Wildman–Crippen LogP) is 0.443. The Kier molecular flexibility index (Phi) is 5.55. The van der Waals surface area contributed by atoms with Crippen LogP contribution in [-0.2, 0) is 0 Å². The van der Waals surface area contributed by atoms with Gasteiger partial charge in [-0.3, -0.25) is 0 Å². The molecule has 2 unspecified atom stereocenters. The molecule has 0 aromatic rings. The largest absolute Gasteiger partial charge is 0.409 e. The summed E-state index contributed by atoms with van der Waals surface area (Å²) in [6.07, 6.45) is 2.09. The van der Waals surface area contributed by atoms with Crippen molar-refractivity contribution in [3.63, 3.8) is 0 Å². The highest BCUT2D eigenvalue weighted by Crippen LogP contribution is 2.14. The van der Waals surface area contributed by atoms with E-state index >= 15 is 0 Å². The van der Waals surface area contributed by atoms with Crippen molar-refractivity contribution < 1.29 is 5.21 Å². The lowest BCUT2D eigenvalue weighted by molar-refractivity contribution is 0.312. The normalized spacial score (nSPS) is 24.9. The highest BCUT2D eigenvalue weighted by atomic mass is 16.4. The molecule has 16 heavy (non-hydrogen) atoms. The second kappa shape index (κ2) is 6.70. The van der Waals surface area contributed by atoms with Crippen LogP contribution in [0.2, 0.25) is 0 Å². The molecule has 2 atom stereocenters. The van der Waals surface area contributed by atoms with Gasteiger partial charge in [-0.05, 0) is 38.4 Å². The average molecular weight is 228 g/mol. The first kappa shape index (κ1) is 13.3. The van der Waals surface area contributed by atoms with Crippen LogP contribution in [0.5, 0.6) is 0 Å². The molecule has 1 aliphatic heterocycles. The summed E-state index contributed by atoms with van der Waals surface area (Å²) >= 11 is 0. The van der Waals surface area contributed by atoms with Crippen LogP contribution >= 0.6 is 0 Å². The molecule has 0 spiro atoms. The number of oxime groups is 1. The van der Waals surface area contributed by atoms with Crippen molar-refractivity contribution in [2.45, 2.75) is 32.7 Å². The second-order valence-corrected chi connectivity index (χ2v) is 4.44. The van der Waals surface area contributed by atoms with Crippen molar-refractivity contribution in [2.24, 2.45) is 16.8 Å². The van der Waals surface area contributed by atoms with Gasteiger partial charge in [-0.25, -0.2) is 0 Å². The minimum atomic E-state index is 0.000626. The van der Waals surface area contributed by atoms with Crippen LogP contribution in [0.25, 0.3) is 0 Å². The molecule has 0 radical (unpaired) electrons. The number of hydrogen-bond acceptors (Lipinski definition) is 4. The van der Waals surface area contributed by atoms with Gasteiger partial charge in [-0.1, -0.05) is 19.0 Å². The van der Waals surface area contributed by atoms with E-state index in [2.05, 4.69) is 22.3 Å². The molecule has 0 amide bonds. The summed E-state index contributed by atoms with van der Waals surface area (Å²) in [6, 6.07) is 0.000626. The van der Waals surface area contributed by atoms with Crippen molar-refractivity contribution in [3.05, 3.63) is 0 Å². The van der Waals surface area contributed by atoms with E-state index in [9.17, 15) is 0 Å². The first-order valence-corrected chi connectivity index (χ1v) is 6.14. The Morgan fingerprint density at radius 1 is 1.62 bits per heavy atom. The molecular weight excluding hydrogens is 204 g/mol. The third kappa shape index (κ3) is 3.64. The maximum absolute atomic E-state index is 8.62. The molecule has 1 fully saturated rings. The molecule has 94 valence electrons. The Bertz CT molecular complexity index is 232. The zero-order valence-electron chi connectivity index (χ0n) is 10.3. The average Bonchev–Trinajstić information content (AvgIpc) is 2.77. The molecule has 0 aromatic carbocycles. The van der Waals surface area contributed by atoms with Gasteiger partial charge in [-0.2, -0.15) is 0 Å². The summed E-state index contributed by atoms with van der Waals surface area (Å²) in [4.78, 5) is 2.46. The number of nitrogens with one attached hydrogen (secondary N) is 1. The summed E-state index contributed by atoms with van der Waals surface area (Å²) < 4.78 is 0. The molecule has 5 heteroatoms. The van der Waals surface area contributed by atoms with Crippen LogP contribution in [0.4, 0.5) is 0 Å². The summed E-state index contributed by atoms with van der Waals surface area (Å²) in [5.74, 6) is 0.980. The van der Waals surface area contributed by atoms with Crippen LogP contribution in [0.3, 0.4) is 0 Å². The number of nitrogens with zero attached hydrogens (tertiary/aromatic N) is 2. The Morgan fingerprint density at radius 2 is 2.38 bits per heavy atom. The Hall–Kier alpha value is -0.810. The quantitative estimate of drug-likeness (QED) is 0.267. The second-order valence-electron chi connectivity index (χ2n) is 4.44. The van der Waals surface area contributed by atoms with Gasteiger partial charge < -0.3 is 21.2 Å². The predicted molar refractivity (Wildman–Crippen MR) is 65.7 cm³/mol. The van der Waals surface area contributed by atoms with Crippen LogP contribution < -0.4 is 11.1 Å². The van der Waals surface area contributed by atoms with Gasteiger partial charge in [0.1, 0.15) is 0 Å². The van der Waals surface area contributed by atoms with Gasteiger partial charge in [0.15, 0.2) is 5.84 Å². The smallest absolute Gasteiger partial charge is 0.156 e. The van der Waals surface area contributed by atoms with Crippen molar-refractivity contribution >= 4 is 5.84 Å². The maximum Gasteiger partial charge on any atom is 0.156 e. The highest BCUT2D eigenvalue weighted by Gasteiger charge is 2.22. The van der Waals surface area contributed by atoms with E-state index in [1.165, 1.54) is 13.0 Å². The van der Waals surface area contributed by atoms with Gasteiger partial charge in [0.25, 0.3) is 0 Å².